The van der Waals surface area contributed by atoms with Crippen LogP contribution in [0.4, 0.5) is 0 Å². The lowest BCUT2D eigenvalue weighted by Crippen LogP contribution is -2.67. The molecule has 5 rings (SSSR count). The van der Waals surface area contributed by atoms with Crippen molar-refractivity contribution in [1.82, 2.24) is 0 Å². The van der Waals surface area contributed by atoms with E-state index in [1.807, 2.05) is 43.3 Å². The Hall–Kier alpha value is -2.35. The Labute approximate surface area is 217 Å². The molecule has 5 atom stereocenters. The Balaban J connectivity index is 1.46. The maximum Gasteiger partial charge on any atom is 0.261 e. The zero-order valence-electron chi connectivity index (χ0n) is 21.3. The summed E-state index contributed by atoms with van der Waals surface area (Å²) in [5.41, 5.74) is 1.13. The van der Waals surface area contributed by atoms with Gasteiger partial charge in [-0.1, -0.05) is 105 Å². The number of aryl methyl sites for hydroxylation is 1. The molecule has 0 aliphatic carbocycles. The molecule has 0 unspecified atom stereocenters. The summed E-state index contributed by atoms with van der Waals surface area (Å²) in [7, 11) is -4.10. The van der Waals surface area contributed by atoms with Crippen molar-refractivity contribution in [3.05, 3.63) is 103 Å². The molecule has 2 heterocycles. The lowest BCUT2D eigenvalue weighted by molar-refractivity contribution is -0.0343. The first-order valence-corrected chi connectivity index (χ1v) is 15.5. The van der Waals surface area contributed by atoms with Crippen molar-refractivity contribution in [3.8, 4) is 0 Å². The SMILES string of the molecule is C=C[C@@H]1O[C@H](CO[Si](c2ccccc2)(c2ccccc2)C(C)(C)C)[C@H]2O[C@@]12[S@@](=O)c1ccc(C)cc1. The van der Waals surface area contributed by atoms with E-state index in [2.05, 4.69) is 75.9 Å². The molecule has 36 heavy (non-hydrogen) atoms. The second-order valence-electron chi connectivity index (χ2n) is 10.6. The fraction of sp³-hybridized carbons (Fsp3) is 0.333. The van der Waals surface area contributed by atoms with Gasteiger partial charge in [0.05, 0.1) is 17.4 Å². The average molecular weight is 519 g/mol. The molecule has 4 nitrogen and oxygen atoms in total. The number of ether oxygens (including phenoxy) is 2. The van der Waals surface area contributed by atoms with E-state index in [9.17, 15) is 4.21 Å². The predicted molar refractivity (Wildman–Crippen MR) is 148 cm³/mol. The van der Waals surface area contributed by atoms with Crippen molar-refractivity contribution in [2.45, 2.75) is 60.9 Å². The van der Waals surface area contributed by atoms with Gasteiger partial charge in [-0.15, -0.1) is 6.58 Å². The summed E-state index contributed by atoms with van der Waals surface area (Å²) < 4.78 is 33.3. The summed E-state index contributed by atoms with van der Waals surface area (Å²) in [5, 5.41) is 2.29. The van der Waals surface area contributed by atoms with Gasteiger partial charge in [-0.2, -0.15) is 0 Å². The second kappa shape index (κ2) is 9.51. The molecular weight excluding hydrogens is 484 g/mol. The lowest BCUT2D eigenvalue weighted by atomic mass is 10.2. The van der Waals surface area contributed by atoms with Gasteiger partial charge in [-0.3, -0.25) is 4.21 Å². The van der Waals surface area contributed by atoms with Crippen LogP contribution in [0.25, 0.3) is 0 Å². The van der Waals surface area contributed by atoms with E-state index in [0.29, 0.717) is 6.61 Å². The minimum absolute atomic E-state index is 0.141. The van der Waals surface area contributed by atoms with Gasteiger partial charge in [0, 0.05) is 4.90 Å². The highest BCUT2D eigenvalue weighted by atomic mass is 32.2. The van der Waals surface area contributed by atoms with E-state index < -0.39 is 30.2 Å². The van der Waals surface area contributed by atoms with Crippen LogP contribution < -0.4 is 10.4 Å². The van der Waals surface area contributed by atoms with E-state index in [4.69, 9.17) is 13.9 Å². The predicted octanol–water partition coefficient (Wildman–Crippen LogP) is 4.73. The fourth-order valence-electron chi connectivity index (χ4n) is 5.50. The minimum Gasteiger partial charge on any atom is -0.405 e. The summed E-state index contributed by atoms with van der Waals surface area (Å²) in [4.78, 5) is -0.164. The van der Waals surface area contributed by atoms with Crippen LogP contribution in [0.1, 0.15) is 26.3 Å². The third-order valence-electron chi connectivity index (χ3n) is 7.33. The molecule has 2 saturated heterocycles. The van der Waals surface area contributed by atoms with Crippen molar-refractivity contribution < 1.29 is 18.1 Å². The first kappa shape index (κ1) is 25.3. The molecule has 3 aromatic rings. The second-order valence-corrected chi connectivity index (χ2v) is 16.6. The maximum absolute atomic E-state index is 13.7. The third-order valence-corrected chi connectivity index (χ3v) is 14.2. The maximum atomic E-state index is 13.7. The molecule has 0 bridgehead atoms. The molecule has 3 aromatic carbocycles. The van der Waals surface area contributed by atoms with E-state index in [-0.39, 0.29) is 17.2 Å². The van der Waals surface area contributed by atoms with Crippen LogP contribution in [0.2, 0.25) is 5.04 Å². The molecule has 0 N–H and O–H groups in total. The lowest BCUT2D eigenvalue weighted by Gasteiger charge is -2.43. The topological polar surface area (TPSA) is 48.1 Å². The van der Waals surface area contributed by atoms with Crippen molar-refractivity contribution in [1.29, 1.82) is 0 Å². The highest BCUT2D eigenvalue weighted by Gasteiger charge is 2.74. The van der Waals surface area contributed by atoms with Crippen molar-refractivity contribution >= 4 is 29.5 Å². The van der Waals surface area contributed by atoms with Crippen molar-refractivity contribution in [3.63, 3.8) is 0 Å². The highest BCUT2D eigenvalue weighted by molar-refractivity contribution is 7.86. The van der Waals surface area contributed by atoms with Gasteiger partial charge in [0.15, 0.2) is 0 Å². The van der Waals surface area contributed by atoms with Crippen LogP contribution >= 0.6 is 0 Å². The van der Waals surface area contributed by atoms with E-state index in [0.717, 1.165) is 10.5 Å². The molecule has 0 spiro atoms. The summed E-state index contributed by atoms with van der Waals surface area (Å²) in [6.07, 6.45) is 0.622. The van der Waals surface area contributed by atoms with Crippen molar-refractivity contribution in [2.75, 3.05) is 6.61 Å². The zero-order valence-corrected chi connectivity index (χ0v) is 23.2. The van der Waals surface area contributed by atoms with Crippen LogP contribution in [0, 0.1) is 6.92 Å². The molecule has 6 heteroatoms. The summed E-state index contributed by atoms with van der Waals surface area (Å²) in [6, 6.07) is 28.9. The average Bonchev–Trinajstić information content (AvgIpc) is 3.56. The number of rotatable bonds is 8. The molecular formula is C30H34O4SSi. The monoisotopic (exact) mass is 518 g/mol. The Morgan fingerprint density at radius 2 is 1.53 bits per heavy atom. The van der Waals surface area contributed by atoms with Gasteiger partial charge in [-0.05, 0) is 34.5 Å². The summed E-state index contributed by atoms with van der Waals surface area (Å²) in [5.74, 6) is 0. The first-order valence-electron chi connectivity index (χ1n) is 12.4. The Morgan fingerprint density at radius 3 is 2.03 bits per heavy atom. The molecule has 2 aliphatic rings. The quantitative estimate of drug-likeness (QED) is 0.246. The fourth-order valence-corrected chi connectivity index (χ4v) is 11.7. The van der Waals surface area contributed by atoms with E-state index in [1.54, 1.807) is 6.08 Å². The Bertz CT molecular complexity index is 1200. The van der Waals surface area contributed by atoms with Gasteiger partial charge in [0.2, 0.25) is 4.93 Å². The number of fused-ring (bicyclic) bond motifs is 1. The summed E-state index contributed by atoms with van der Waals surface area (Å²) in [6.45, 7) is 13.1. The molecule has 188 valence electrons. The molecule has 0 aromatic heterocycles. The number of hydrogen-bond acceptors (Lipinski definition) is 4. The molecule has 2 fully saturated rings. The van der Waals surface area contributed by atoms with Crippen LogP contribution in [-0.2, 0) is 24.7 Å². The molecule has 0 radical (unpaired) electrons. The van der Waals surface area contributed by atoms with Crippen LogP contribution in [0.3, 0.4) is 0 Å². The van der Waals surface area contributed by atoms with E-state index >= 15 is 0 Å². The largest absolute Gasteiger partial charge is 0.405 e. The third kappa shape index (κ3) is 4.05. The smallest absolute Gasteiger partial charge is 0.261 e. The minimum atomic E-state index is -2.72. The molecule has 2 aliphatic heterocycles. The number of epoxide rings is 1. The van der Waals surface area contributed by atoms with Crippen molar-refractivity contribution in [2.24, 2.45) is 0 Å². The van der Waals surface area contributed by atoms with Crippen LogP contribution in [0.5, 0.6) is 0 Å². The van der Waals surface area contributed by atoms with Gasteiger partial charge in [0.25, 0.3) is 8.32 Å². The van der Waals surface area contributed by atoms with Crippen LogP contribution in [0.15, 0.2) is 102 Å². The van der Waals surface area contributed by atoms with Gasteiger partial charge in [0.1, 0.15) is 18.3 Å². The zero-order chi connectivity index (χ0) is 25.6. The molecule has 0 saturated carbocycles. The summed E-state index contributed by atoms with van der Waals surface area (Å²) >= 11 is 0. The first-order chi connectivity index (χ1) is 17.2. The molecule has 0 amide bonds. The van der Waals surface area contributed by atoms with Gasteiger partial charge in [-0.25, -0.2) is 0 Å². The standard InChI is InChI=1S/C30H34O4SSi/c1-6-27-30(35(31)23-19-17-22(2)18-20-23)28(34-30)26(33-27)21-32-36(29(3,4)5,24-13-9-7-10-14-24)25-15-11-8-12-16-25/h6-20,26-28H,1,21H2,2-5H3/t26-,27+,28-,30-,35+/m1/s1. The Morgan fingerprint density at radius 1 is 0.972 bits per heavy atom. The van der Waals surface area contributed by atoms with Gasteiger partial charge < -0.3 is 13.9 Å². The highest BCUT2D eigenvalue weighted by Crippen LogP contribution is 2.55. The Kier molecular flexibility index (Phi) is 6.68. The van der Waals surface area contributed by atoms with E-state index in [1.165, 1.54) is 10.4 Å². The van der Waals surface area contributed by atoms with Gasteiger partial charge >= 0.3 is 0 Å². The van der Waals surface area contributed by atoms with Crippen LogP contribution in [-0.4, -0.2) is 42.4 Å². The number of hydrogen-bond donors (Lipinski definition) is 0. The normalized spacial score (nSPS) is 26.3. The number of benzene rings is 3.